The number of pyridine rings is 1. The molecule has 0 spiro atoms. The number of anilines is 2. The minimum Gasteiger partial charge on any atom is -0.308 e. The summed E-state index contributed by atoms with van der Waals surface area (Å²) >= 11 is 0. The molecule has 0 unspecified atom stereocenters. The third kappa shape index (κ3) is 4.40. The number of carbonyl (C=O) groups excluding carboxylic acids is 1. The molecule has 0 fully saturated rings. The highest BCUT2D eigenvalue weighted by molar-refractivity contribution is 6.00. The molecule has 0 aliphatic carbocycles. The highest BCUT2D eigenvalue weighted by atomic mass is 16.2. The average Bonchev–Trinajstić information content (AvgIpc) is 3.22. The van der Waals surface area contributed by atoms with Crippen molar-refractivity contribution in [1.29, 1.82) is 0 Å². The third-order valence-electron chi connectivity index (χ3n) is 5.10. The van der Waals surface area contributed by atoms with Crippen LogP contribution in [0.15, 0.2) is 79.1 Å². The van der Waals surface area contributed by atoms with E-state index in [0.29, 0.717) is 17.2 Å². The smallest absolute Gasteiger partial charge is 0.308 e. The number of amides is 2. The lowest BCUT2D eigenvalue weighted by atomic mass is 10.1. The van der Waals surface area contributed by atoms with E-state index in [1.54, 1.807) is 16.9 Å². The van der Waals surface area contributed by atoms with Crippen LogP contribution in [0, 0.1) is 13.8 Å². The highest BCUT2D eigenvalue weighted by Crippen LogP contribution is 2.23. The number of aromatic nitrogens is 5. The van der Waals surface area contributed by atoms with Gasteiger partial charge in [0.15, 0.2) is 11.5 Å². The summed E-state index contributed by atoms with van der Waals surface area (Å²) < 4.78 is 1.71. The molecule has 0 radical (unpaired) electrons. The third-order valence-corrected chi connectivity index (χ3v) is 5.10. The van der Waals surface area contributed by atoms with Crippen LogP contribution in [-0.2, 0) is 0 Å². The number of nitrogens with zero attached hydrogens (tertiary/aromatic N) is 5. The number of rotatable bonds is 4. The van der Waals surface area contributed by atoms with Gasteiger partial charge in [-0.2, -0.15) is 9.61 Å². The maximum atomic E-state index is 12.5. The van der Waals surface area contributed by atoms with Gasteiger partial charge in [0.05, 0.1) is 5.69 Å². The van der Waals surface area contributed by atoms with Gasteiger partial charge in [0, 0.05) is 34.9 Å². The fourth-order valence-corrected chi connectivity index (χ4v) is 3.72. The second-order valence-corrected chi connectivity index (χ2v) is 7.78. The average molecular weight is 435 g/mol. The number of benzene rings is 2. The first-order valence-corrected chi connectivity index (χ1v) is 10.4. The highest BCUT2D eigenvalue weighted by Gasteiger charge is 2.11. The van der Waals surface area contributed by atoms with Gasteiger partial charge in [-0.25, -0.2) is 4.79 Å². The van der Waals surface area contributed by atoms with Crippen molar-refractivity contribution < 1.29 is 4.79 Å². The second-order valence-electron chi connectivity index (χ2n) is 7.78. The van der Waals surface area contributed by atoms with Gasteiger partial charge in [-0.05, 0) is 73.5 Å². The molecule has 0 saturated heterocycles. The van der Waals surface area contributed by atoms with Crippen molar-refractivity contribution in [2.24, 2.45) is 0 Å². The molecule has 2 aromatic carbocycles. The molecule has 2 N–H and O–H groups in total. The van der Waals surface area contributed by atoms with E-state index in [4.69, 9.17) is 5.10 Å². The maximum Gasteiger partial charge on any atom is 0.323 e. The van der Waals surface area contributed by atoms with Crippen LogP contribution in [0.2, 0.25) is 0 Å². The van der Waals surface area contributed by atoms with Gasteiger partial charge in [-0.1, -0.05) is 18.2 Å². The van der Waals surface area contributed by atoms with Crippen LogP contribution in [0.4, 0.5) is 16.2 Å². The van der Waals surface area contributed by atoms with Crippen LogP contribution in [0.3, 0.4) is 0 Å². The zero-order valence-corrected chi connectivity index (χ0v) is 18.1. The van der Waals surface area contributed by atoms with Gasteiger partial charge in [0.25, 0.3) is 0 Å². The standard InChI is InChI=1S/C25H21N7O/c1-16-12-17(2)14-21(13-16)28-25(33)27-20-5-3-4-19(15-20)22-6-7-23-29-30-24(32(23)31-22)18-8-10-26-11-9-18/h3-15H,1-2H3,(H2,27,28,33). The number of hydrogen-bond acceptors (Lipinski definition) is 5. The molecule has 3 aromatic heterocycles. The van der Waals surface area contributed by atoms with Gasteiger partial charge < -0.3 is 10.6 Å². The van der Waals surface area contributed by atoms with Crippen LogP contribution in [-0.4, -0.2) is 30.8 Å². The van der Waals surface area contributed by atoms with Gasteiger partial charge in [0.2, 0.25) is 0 Å². The Kier molecular flexibility index (Phi) is 5.24. The number of carbonyl (C=O) groups is 1. The minimum atomic E-state index is -0.306. The first-order chi connectivity index (χ1) is 16.0. The van der Waals surface area contributed by atoms with E-state index < -0.39 is 0 Å². The Hall–Kier alpha value is -4.59. The largest absolute Gasteiger partial charge is 0.323 e. The molecule has 162 valence electrons. The van der Waals surface area contributed by atoms with Crippen molar-refractivity contribution in [3.63, 3.8) is 0 Å². The molecule has 8 heteroatoms. The molecule has 0 aliphatic rings. The van der Waals surface area contributed by atoms with Crippen LogP contribution >= 0.6 is 0 Å². The van der Waals surface area contributed by atoms with E-state index in [2.05, 4.69) is 31.9 Å². The molecule has 0 aliphatic heterocycles. The number of fused-ring (bicyclic) bond motifs is 1. The lowest BCUT2D eigenvalue weighted by Crippen LogP contribution is -2.19. The monoisotopic (exact) mass is 435 g/mol. The van der Waals surface area contributed by atoms with Crippen molar-refractivity contribution in [2.75, 3.05) is 10.6 Å². The van der Waals surface area contributed by atoms with Gasteiger partial charge in [0.1, 0.15) is 0 Å². The zero-order valence-electron chi connectivity index (χ0n) is 18.1. The molecule has 3 heterocycles. The summed E-state index contributed by atoms with van der Waals surface area (Å²) in [6, 6.07) is 20.6. The minimum absolute atomic E-state index is 0.306. The quantitative estimate of drug-likeness (QED) is 0.409. The predicted molar refractivity (Wildman–Crippen MR) is 128 cm³/mol. The van der Waals surface area contributed by atoms with Crippen LogP contribution in [0.1, 0.15) is 11.1 Å². The Morgan fingerprint density at radius 3 is 2.33 bits per heavy atom. The molecule has 5 aromatic rings. The predicted octanol–water partition coefficient (Wildman–Crippen LogP) is 5.11. The van der Waals surface area contributed by atoms with E-state index in [9.17, 15) is 4.79 Å². The Morgan fingerprint density at radius 2 is 1.55 bits per heavy atom. The van der Waals surface area contributed by atoms with Crippen molar-refractivity contribution in [3.05, 3.63) is 90.3 Å². The fraction of sp³-hybridized carbons (Fsp3) is 0.0800. The first kappa shape index (κ1) is 20.3. The van der Waals surface area contributed by atoms with E-state index in [1.165, 1.54) is 0 Å². The number of hydrogen-bond donors (Lipinski definition) is 2. The van der Waals surface area contributed by atoms with Crippen molar-refractivity contribution in [1.82, 2.24) is 24.8 Å². The molecule has 5 rings (SSSR count). The maximum absolute atomic E-state index is 12.5. The topological polar surface area (TPSA) is 97.1 Å². The summed E-state index contributed by atoms with van der Waals surface area (Å²) in [6.07, 6.45) is 3.41. The van der Waals surface area contributed by atoms with Crippen LogP contribution in [0.5, 0.6) is 0 Å². The van der Waals surface area contributed by atoms with E-state index in [1.807, 2.05) is 74.5 Å². The van der Waals surface area contributed by atoms with E-state index >= 15 is 0 Å². The zero-order chi connectivity index (χ0) is 22.8. The van der Waals surface area contributed by atoms with Crippen molar-refractivity contribution >= 4 is 23.1 Å². The number of nitrogens with one attached hydrogen (secondary N) is 2. The normalized spacial score (nSPS) is 10.8. The molecular formula is C25H21N7O. The number of aryl methyl sites for hydroxylation is 2. The van der Waals surface area contributed by atoms with Crippen LogP contribution < -0.4 is 10.6 Å². The Morgan fingerprint density at radius 1 is 0.788 bits per heavy atom. The Labute approximate surface area is 190 Å². The number of urea groups is 1. The molecule has 0 atom stereocenters. The lowest BCUT2D eigenvalue weighted by Gasteiger charge is -2.10. The van der Waals surface area contributed by atoms with Crippen LogP contribution in [0.25, 0.3) is 28.3 Å². The van der Waals surface area contributed by atoms with Gasteiger partial charge in [-0.3, -0.25) is 4.98 Å². The molecular weight excluding hydrogens is 414 g/mol. The SMILES string of the molecule is Cc1cc(C)cc(NC(=O)Nc2cccc(-c3ccc4nnc(-c5ccncc5)n4n3)c2)c1. The summed E-state index contributed by atoms with van der Waals surface area (Å²) in [6.45, 7) is 4.00. The first-order valence-electron chi connectivity index (χ1n) is 10.4. The molecule has 33 heavy (non-hydrogen) atoms. The summed E-state index contributed by atoms with van der Waals surface area (Å²) in [5, 5.41) is 19.0. The molecule has 8 nitrogen and oxygen atoms in total. The molecule has 2 amide bonds. The Bertz CT molecular complexity index is 1440. The summed E-state index contributed by atoms with van der Waals surface area (Å²) in [7, 11) is 0. The second kappa shape index (κ2) is 8.51. The van der Waals surface area contributed by atoms with Crippen molar-refractivity contribution in [3.8, 4) is 22.6 Å². The summed E-state index contributed by atoms with van der Waals surface area (Å²) in [4.78, 5) is 16.6. The Balaban J connectivity index is 1.40. The van der Waals surface area contributed by atoms with E-state index in [0.717, 1.165) is 33.6 Å². The summed E-state index contributed by atoms with van der Waals surface area (Å²) in [5.74, 6) is 0.636. The van der Waals surface area contributed by atoms with Crippen molar-refractivity contribution in [2.45, 2.75) is 13.8 Å². The van der Waals surface area contributed by atoms with E-state index in [-0.39, 0.29) is 6.03 Å². The van der Waals surface area contributed by atoms with Gasteiger partial charge >= 0.3 is 6.03 Å². The lowest BCUT2D eigenvalue weighted by molar-refractivity contribution is 0.262. The molecule has 0 saturated carbocycles. The fourth-order valence-electron chi connectivity index (χ4n) is 3.72. The molecule has 0 bridgehead atoms. The van der Waals surface area contributed by atoms with Gasteiger partial charge in [-0.15, -0.1) is 10.2 Å². The summed E-state index contributed by atoms with van der Waals surface area (Å²) in [5.41, 5.74) is 6.71.